The number of nitrogens with one attached hydrogen (secondary N) is 3. The summed E-state index contributed by atoms with van der Waals surface area (Å²) in [4.78, 5) is 12.0. The van der Waals surface area contributed by atoms with Crippen molar-refractivity contribution in [3.05, 3.63) is 196 Å². The molecule has 2 aromatic heterocycles. The van der Waals surface area contributed by atoms with Crippen LogP contribution >= 0.6 is 0 Å². The van der Waals surface area contributed by atoms with E-state index in [9.17, 15) is 20.4 Å². The number of benzene rings is 4. The minimum absolute atomic E-state index is 0.0316. The van der Waals surface area contributed by atoms with E-state index in [1.807, 2.05) is 91.0 Å². The van der Waals surface area contributed by atoms with Crippen molar-refractivity contribution in [2.45, 2.75) is 31.0 Å². The standard InChI is InChI=1S/C44H36N4O4/c49-35-25-34-37(27-15-7-2-8-16-27)32-22-21-30(45-32)36(26-13-5-1-6-14-26)31-23-24-33(46-31)38(28-17-9-3-10-18-28)39-40(50)41(51)43(48-39)44(52,42(35)47-34)29-19-11-4-12-20-29/h1-22,35,45-46,48-52H,23-25H2/b36-31-,37-34-,38-33?. The summed E-state index contributed by atoms with van der Waals surface area (Å²) in [5, 5.41) is 52.2. The van der Waals surface area contributed by atoms with Gasteiger partial charge in [-0.25, -0.2) is 0 Å². The number of hydrogen-bond donors (Lipinski definition) is 7. The number of H-pyrrole nitrogens is 2. The minimum Gasteiger partial charge on any atom is -0.503 e. The maximum absolute atomic E-state index is 13.0. The van der Waals surface area contributed by atoms with Gasteiger partial charge in [-0.3, -0.25) is 4.99 Å². The van der Waals surface area contributed by atoms with Crippen LogP contribution in [0.1, 0.15) is 64.3 Å². The molecule has 52 heavy (non-hydrogen) atoms. The largest absolute Gasteiger partial charge is 0.503 e. The van der Waals surface area contributed by atoms with Crippen LogP contribution in [0.2, 0.25) is 0 Å². The van der Waals surface area contributed by atoms with Crippen LogP contribution in [-0.4, -0.2) is 42.2 Å². The van der Waals surface area contributed by atoms with Crippen LogP contribution in [0.15, 0.2) is 156 Å². The number of aliphatic imine (C=N–C) groups is 1. The molecule has 2 atom stereocenters. The molecular weight excluding hydrogens is 649 g/mol. The molecule has 6 aromatic rings. The van der Waals surface area contributed by atoms with Crippen molar-refractivity contribution >= 4 is 22.4 Å². The molecule has 0 saturated carbocycles. The summed E-state index contributed by atoms with van der Waals surface area (Å²) in [6, 6.07) is 42.7. The highest BCUT2D eigenvalue weighted by Gasteiger charge is 2.48. The normalized spacial score (nSPS) is 22.7. The van der Waals surface area contributed by atoms with Crippen molar-refractivity contribution in [3.8, 4) is 11.5 Å². The van der Waals surface area contributed by atoms with Gasteiger partial charge in [0.1, 0.15) is 11.8 Å². The minimum atomic E-state index is -2.15. The van der Waals surface area contributed by atoms with E-state index in [1.165, 1.54) is 0 Å². The number of aliphatic hydroxyl groups is 2. The lowest BCUT2D eigenvalue weighted by atomic mass is 9.83. The Balaban J connectivity index is 1.40. The van der Waals surface area contributed by atoms with E-state index in [4.69, 9.17) is 4.99 Å². The van der Waals surface area contributed by atoms with Gasteiger partial charge < -0.3 is 35.7 Å². The lowest BCUT2D eigenvalue weighted by molar-refractivity contribution is 0.128. The number of fused-ring (bicyclic) bond motifs is 7. The lowest BCUT2D eigenvalue weighted by Crippen LogP contribution is -2.42. The van der Waals surface area contributed by atoms with E-state index in [2.05, 4.69) is 33.5 Å². The summed E-state index contributed by atoms with van der Waals surface area (Å²) >= 11 is 0. The molecule has 3 aliphatic rings. The van der Waals surface area contributed by atoms with Gasteiger partial charge in [0.25, 0.3) is 0 Å². The second kappa shape index (κ2) is 12.5. The average Bonchev–Trinajstić information content (AvgIpc) is 4.00. The molecule has 8 bridgehead atoms. The molecule has 8 heteroatoms. The van der Waals surface area contributed by atoms with Crippen LogP contribution in [0.3, 0.4) is 0 Å². The lowest BCUT2D eigenvalue weighted by Gasteiger charge is -2.30. The fraction of sp³-hybridized carbons (Fsp3) is 0.114. The number of aromatic amines is 2. The molecule has 5 heterocycles. The number of hydrogen-bond acceptors (Lipinski definition) is 6. The summed E-state index contributed by atoms with van der Waals surface area (Å²) in [7, 11) is 0. The molecule has 0 spiro atoms. The quantitative estimate of drug-likeness (QED) is 0.103. The Morgan fingerprint density at radius 1 is 0.577 bits per heavy atom. The Labute approximate surface area is 300 Å². The zero-order valence-corrected chi connectivity index (χ0v) is 28.1. The van der Waals surface area contributed by atoms with Crippen molar-refractivity contribution < 1.29 is 20.4 Å². The second-order valence-corrected chi connectivity index (χ2v) is 13.4. The van der Waals surface area contributed by atoms with Crippen LogP contribution in [0.4, 0.5) is 0 Å². The van der Waals surface area contributed by atoms with Gasteiger partial charge in [0, 0.05) is 45.9 Å². The third-order valence-electron chi connectivity index (χ3n) is 10.3. The summed E-state index contributed by atoms with van der Waals surface area (Å²) in [5.74, 6) is -0.937. The molecule has 1 saturated heterocycles. The van der Waals surface area contributed by atoms with Crippen molar-refractivity contribution in [1.29, 1.82) is 0 Å². The fourth-order valence-corrected chi connectivity index (χ4v) is 7.92. The Bertz CT molecular complexity index is 2440. The summed E-state index contributed by atoms with van der Waals surface area (Å²) in [6.07, 6.45) is 0.191. The number of aliphatic hydroxyl groups excluding tert-OH is 1. The van der Waals surface area contributed by atoms with Crippen molar-refractivity contribution in [2.75, 3.05) is 0 Å². The molecule has 0 amide bonds. The molecule has 3 aliphatic heterocycles. The number of allylic oxidation sites excluding steroid dienone is 2. The zero-order chi connectivity index (χ0) is 35.4. The van der Waals surface area contributed by atoms with E-state index in [0.717, 1.165) is 50.6 Å². The van der Waals surface area contributed by atoms with Gasteiger partial charge in [0.05, 0.1) is 17.1 Å². The predicted molar refractivity (Wildman–Crippen MR) is 202 cm³/mol. The molecule has 8 nitrogen and oxygen atoms in total. The number of aromatic hydroxyl groups is 2. The van der Waals surface area contributed by atoms with Crippen molar-refractivity contribution in [3.63, 3.8) is 0 Å². The van der Waals surface area contributed by atoms with Gasteiger partial charge >= 0.3 is 0 Å². The summed E-state index contributed by atoms with van der Waals surface area (Å²) < 4.78 is 0. The first-order valence-corrected chi connectivity index (χ1v) is 17.4. The third-order valence-corrected chi connectivity index (χ3v) is 10.3. The topological polar surface area (TPSA) is 137 Å². The monoisotopic (exact) mass is 684 g/mol. The zero-order valence-electron chi connectivity index (χ0n) is 28.1. The highest BCUT2D eigenvalue weighted by Crippen LogP contribution is 2.49. The van der Waals surface area contributed by atoms with Crippen molar-refractivity contribution in [1.82, 2.24) is 15.3 Å². The van der Waals surface area contributed by atoms with Crippen LogP contribution in [-0.2, 0) is 5.60 Å². The number of rotatable bonds is 4. The van der Waals surface area contributed by atoms with Crippen LogP contribution < -0.4 is 5.32 Å². The average molecular weight is 685 g/mol. The van der Waals surface area contributed by atoms with Gasteiger partial charge in [0.2, 0.25) is 0 Å². The van der Waals surface area contributed by atoms with E-state index in [-0.39, 0.29) is 23.5 Å². The molecular formula is C44H36N4O4. The van der Waals surface area contributed by atoms with Gasteiger partial charge in [-0.2, -0.15) is 0 Å². The molecule has 256 valence electrons. The Kier molecular flexibility index (Phi) is 7.57. The SMILES string of the molecule is Oc1c2[nH]c(c1O)C(O)(c1ccccc1)C1=N/C(=C(/c3ccccc3)c3ccc([nH]3)/C(c3ccccc3)=C3/CCC(=C2c2ccccc2)N3)CC1O. The highest BCUT2D eigenvalue weighted by molar-refractivity contribution is 6.04. The molecule has 9 rings (SSSR count). The van der Waals surface area contributed by atoms with Gasteiger partial charge in [0.15, 0.2) is 17.1 Å². The van der Waals surface area contributed by atoms with Gasteiger partial charge in [-0.15, -0.1) is 0 Å². The maximum Gasteiger partial charge on any atom is 0.184 e. The number of aromatic nitrogens is 2. The first-order chi connectivity index (χ1) is 25.4. The molecule has 0 aliphatic carbocycles. The first-order valence-electron chi connectivity index (χ1n) is 17.4. The van der Waals surface area contributed by atoms with E-state index in [0.29, 0.717) is 29.7 Å². The summed E-state index contributed by atoms with van der Waals surface area (Å²) in [5.41, 5.74) is 7.67. The third kappa shape index (κ3) is 5.03. The van der Waals surface area contributed by atoms with Gasteiger partial charge in [-0.05, 0) is 47.2 Å². The molecule has 4 aromatic carbocycles. The molecule has 1 fully saturated rings. The van der Waals surface area contributed by atoms with E-state index in [1.54, 1.807) is 24.3 Å². The Hall–Kier alpha value is -6.35. The van der Waals surface area contributed by atoms with Crippen molar-refractivity contribution in [2.24, 2.45) is 4.99 Å². The second-order valence-electron chi connectivity index (χ2n) is 13.4. The highest BCUT2D eigenvalue weighted by atomic mass is 16.3. The predicted octanol–water partition coefficient (Wildman–Crippen LogP) is 7.57. The smallest absolute Gasteiger partial charge is 0.184 e. The maximum atomic E-state index is 13.0. The number of nitrogens with zero attached hydrogens (tertiary/aromatic N) is 1. The fourth-order valence-electron chi connectivity index (χ4n) is 7.92. The van der Waals surface area contributed by atoms with Crippen LogP contribution in [0.25, 0.3) is 16.7 Å². The Morgan fingerprint density at radius 2 is 1.08 bits per heavy atom. The van der Waals surface area contributed by atoms with Crippen LogP contribution in [0.5, 0.6) is 11.5 Å². The van der Waals surface area contributed by atoms with Crippen LogP contribution in [0, 0.1) is 0 Å². The molecule has 7 N–H and O–H groups in total. The van der Waals surface area contributed by atoms with Gasteiger partial charge in [-0.1, -0.05) is 121 Å². The van der Waals surface area contributed by atoms with E-state index >= 15 is 0 Å². The Morgan fingerprint density at radius 3 is 1.67 bits per heavy atom. The van der Waals surface area contributed by atoms with E-state index < -0.39 is 23.2 Å². The summed E-state index contributed by atoms with van der Waals surface area (Å²) in [6.45, 7) is 0. The molecule has 2 unspecified atom stereocenters. The first kappa shape index (κ1) is 31.6. The molecule has 0 radical (unpaired) electrons.